The maximum atomic E-state index is 12.0. The Morgan fingerprint density at radius 2 is 1.86 bits per heavy atom. The van der Waals surface area contributed by atoms with Crippen LogP contribution in [-0.2, 0) is 20.9 Å². The Balaban J connectivity index is 2.70. The van der Waals surface area contributed by atoms with Gasteiger partial charge in [0.05, 0.1) is 13.2 Å². The molecule has 0 saturated heterocycles. The molecule has 4 N–H and O–H groups in total. The molecule has 0 aliphatic rings. The monoisotopic (exact) mass is 297 g/mol. The van der Waals surface area contributed by atoms with Crippen LogP contribution in [0, 0.1) is 0 Å². The zero-order valence-electron chi connectivity index (χ0n) is 12.6. The van der Waals surface area contributed by atoms with Gasteiger partial charge in [-0.3, -0.25) is 0 Å². The lowest BCUT2D eigenvalue weighted by atomic mass is 10.0. The van der Waals surface area contributed by atoms with E-state index in [1.165, 1.54) is 0 Å². The van der Waals surface area contributed by atoms with Crippen molar-refractivity contribution in [3.05, 3.63) is 35.9 Å². The van der Waals surface area contributed by atoms with Gasteiger partial charge >= 0.3 is 5.97 Å². The Morgan fingerprint density at radius 3 is 2.33 bits per heavy atom. The average molecular weight is 297 g/mol. The van der Waals surface area contributed by atoms with Crippen molar-refractivity contribution >= 4 is 5.97 Å². The van der Waals surface area contributed by atoms with Gasteiger partial charge in [0.1, 0.15) is 5.60 Å². The molecule has 1 aromatic carbocycles. The van der Waals surface area contributed by atoms with Gasteiger partial charge in [0.2, 0.25) is 0 Å². The highest BCUT2D eigenvalue weighted by atomic mass is 16.6. The number of benzene rings is 1. The van der Waals surface area contributed by atoms with Gasteiger partial charge in [0, 0.05) is 0 Å². The van der Waals surface area contributed by atoms with E-state index in [-0.39, 0.29) is 6.61 Å². The summed E-state index contributed by atoms with van der Waals surface area (Å²) >= 11 is 0. The molecule has 0 radical (unpaired) electrons. The molecular weight excluding hydrogens is 274 g/mol. The van der Waals surface area contributed by atoms with E-state index >= 15 is 0 Å². The summed E-state index contributed by atoms with van der Waals surface area (Å²) in [6.45, 7) is 4.27. The van der Waals surface area contributed by atoms with Crippen molar-refractivity contribution in [2.75, 3.05) is 6.61 Å². The molecule has 1 unspecified atom stereocenters. The lowest BCUT2D eigenvalue weighted by Crippen LogP contribution is -2.62. The van der Waals surface area contributed by atoms with Crippen LogP contribution in [0.15, 0.2) is 30.3 Å². The molecular formula is C15H23NO5. The quantitative estimate of drug-likeness (QED) is 0.523. The largest absolute Gasteiger partial charge is 0.458 e. The molecule has 0 saturated carbocycles. The first kappa shape index (κ1) is 17.6. The van der Waals surface area contributed by atoms with Crippen LogP contribution < -0.4 is 5.73 Å². The van der Waals surface area contributed by atoms with E-state index in [0.717, 1.165) is 5.56 Å². The number of esters is 1. The standard InChI is InChI=1S/C15H23NO5/c1-14(2,3)21-13(19)15(16,10-17)12(18)20-9-11-7-5-4-6-8-11/h4-8,12,17-18H,9-10,16H2,1-3H3/t12?,15-/m1/s1. The zero-order valence-corrected chi connectivity index (χ0v) is 12.6. The number of hydrogen-bond acceptors (Lipinski definition) is 6. The number of ether oxygens (including phenoxy) is 2. The Morgan fingerprint density at radius 1 is 1.29 bits per heavy atom. The van der Waals surface area contributed by atoms with Crippen LogP contribution >= 0.6 is 0 Å². The molecule has 1 rings (SSSR count). The van der Waals surface area contributed by atoms with Crippen molar-refractivity contribution < 1.29 is 24.5 Å². The fraction of sp³-hybridized carbons (Fsp3) is 0.533. The fourth-order valence-corrected chi connectivity index (χ4v) is 1.51. The molecule has 0 fully saturated rings. The van der Waals surface area contributed by atoms with Gasteiger partial charge in [-0.15, -0.1) is 0 Å². The second kappa shape index (κ2) is 7.00. The van der Waals surface area contributed by atoms with E-state index in [4.69, 9.17) is 15.2 Å². The zero-order chi connectivity index (χ0) is 16.1. The predicted octanol–water partition coefficient (Wildman–Crippen LogP) is 0.553. The van der Waals surface area contributed by atoms with Crippen molar-refractivity contribution in [1.29, 1.82) is 0 Å². The molecule has 1 aromatic rings. The van der Waals surface area contributed by atoms with Crippen molar-refractivity contribution in [3.63, 3.8) is 0 Å². The summed E-state index contributed by atoms with van der Waals surface area (Å²) in [6, 6.07) is 9.09. The minimum atomic E-state index is -2.03. The van der Waals surface area contributed by atoms with Crippen molar-refractivity contribution in [2.45, 2.75) is 44.8 Å². The second-order valence-electron chi connectivity index (χ2n) is 5.85. The number of hydrogen-bond donors (Lipinski definition) is 3. The molecule has 6 heteroatoms. The summed E-state index contributed by atoms with van der Waals surface area (Å²) in [5.74, 6) is -0.918. The number of carbonyl (C=O) groups is 1. The number of aliphatic hydroxyl groups excluding tert-OH is 2. The Kier molecular flexibility index (Phi) is 5.86. The molecule has 6 nitrogen and oxygen atoms in total. The fourth-order valence-electron chi connectivity index (χ4n) is 1.51. The summed E-state index contributed by atoms with van der Waals surface area (Å²) in [4.78, 5) is 12.0. The molecule has 21 heavy (non-hydrogen) atoms. The average Bonchev–Trinajstić information content (AvgIpc) is 2.43. The Hall–Kier alpha value is -1.47. The first-order valence-corrected chi connectivity index (χ1v) is 6.66. The Labute approximate surface area is 124 Å². The van der Waals surface area contributed by atoms with Crippen LogP contribution in [-0.4, -0.2) is 40.2 Å². The first-order valence-electron chi connectivity index (χ1n) is 6.66. The molecule has 0 bridgehead atoms. The van der Waals surface area contributed by atoms with Crippen LogP contribution in [0.4, 0.5) is 0 Å². The minimum Gasteiger partial charge on any atom is -0.458 e. The number of nitrogens with two attached hydrogens (primary N) is 1. The summed E-state index contributed by atoms with van der Waals surface area (Å²) in [5.41, 5.74) is 3.76. The highest BCUT2D eigenvalue weighted by Gasteiger charge is 2.45. The maximum absolute atomic E-state index is 12.0. The minimum absolute atomic E-state index is 0.0593. The normalized spacial score (nSPS) is 16.1. The van der Waals surface area contributed by atoms with Gasteiger partial charge in [-0.05, 0) is 26.3 Å². The number of aliphatic hydroxyl groups is 2. The highest BCUT2D eigenvalue weighted by Crippen LogP contribution is 2.17. The molecule has 2 atom stereocenters. The third-order valence-electron chi connectivity index (χ3n) is 2.73. The van der Waals surface area contributed by atoms with Gasteiger partial charge in [-0.25, -0.2) is 4.79 Å². The van der Waals surface area contributed by atoms with Crippen molar-refractivity contribution in [2.24, 2.45) is 5.73 Å². The van der Waals surface area contributed by atoms with Gasteiger partial charge in [-0.1, -0.05) is 30.3 Å². The number of carbonyl (C=O) groups excluding carboxylic acids is 1. The third kappa shape index (κ3) is 5.09. The first-order chi connectivity index (χ1) is 9.69. The van der Waals surface area contributed by atoms with E-state index in [1.807, 2.05) is 18.2 Å². The van der Waals surface area contributed by atoms with Crippen LogP contribution in [0.25, 0.3) is 0 Å². The number of rotatable bonds is 6. The summed E-state index contributed by atoms with van der Waals surface area (Å²) in [6.07, 6.45) is -1.68. The molecule has 0 aliphatic carbocycles. The van der Waals surface area contributed by atoms with E-state index in [2.05, 4.69) is 0 Å². The molecule has 0 aromatic heterocycles. The van der Waals surface area contributed by atoms with Gasteiger partial charge in [0.25, 0.3) is 0 Å². The van der Waals surface area contributed by atoms with Crippen LogP contribution in [0.3, 0.4) is 0 Å². The highest BCUT2D eigenvalue weighted by molar-refractivity contribution is 5.81. The summed E-state index contributed by atoms with van der Waals surface area (Å²) < 4.78 is 10.3. The smallest absolute Gasteiger partial charge is 0.334 e. The SMILES string of the molecule is CC(C)(C)OC(=O)[C@@](N)(CO)C(O)OCc1ccccc1. The third-order valence-corrected chi connectivity index (χ3v) is 2.73. The molecule has 0 heterocycles. The van der Waals surface area contributed by atoms with Crippen molar-refractivity contribution in [1.82, 2.24) is 0 Å². The topological polar surface area (TPSA) is 102 Å². The lowest BCUT2D eigenvalue weighted by Gasteiger charge is -2.32. The molecule has 0 aliphatic heterocycles. The van der Waals surface area contributed by atoms with Gasteiger partial charge in [-0.2, -0.15) is 0 Å². The lowest BCUT2D eigenvalue weighted by molar-refractivity contribution is -0.197. The van der Waals surface area contributed by atoms with Crippen molar-refractivity contribution in [3.8, 4) is 0 Å². The summed E-state index contributed by atoms with van der Waals surface area (Å²) in [7, 11) is 0. The van der Waals surface area contributed by atoms with Crippen LogP contribution in [0.5, 0.6) is 0 Å². The van der Waals surface area contributed by atoms with E-state index < -0.39 is 30.0 Å². The molecule has 0 amide bonds. The maximum Gasteiger partial charge on any atom is 0.334 e. The van der Waals surface area contributed by atoms with E-state index in [1.54, 1.807) is 32.9 Å². The van der Waals surface area contributed by atoms with Crippen LogP contribution in [0.1, 0.15) is 26.3 Å². The molecule has 118 valence electrons. The van der Waals surface area contributed by atoms with E-state index in [0.29, 0.717) is 0 Å². The van der Waals surface area contributed by atoms with Crippen LogP contribution in [0.2, 0.25) is 0 Å². The summed E-state index contributed by atoms with van der Waals surface area (Å²) in [5, 5.41) is 19.3. The van der Waals surface area contributed by atoms with Gasteiger partial charge < -0.3 is 25.4 Å². The van der Waals surface area contributed by atoms with E-state index in [9.17, 15) is 15.0 Å². The Bertz CT molecular complexity index is 457. The second-order valence-corrected chi connectivity index (χ2v) is 5.85. The molecule has 0 spiro atoms. The van der Waals surface area contributed by atoms with Gasteiger partial charge in [0.15, 0.2) is 11.8 Å². The predicted molar refractivity (Wildman–Crippen MR) is 77.1 cm³/mol.